The zero-order valence-electron chi connectivity index (χ0n) is 9.52. The molecule has 1 aromatic rings. The Labute approximate surface area is 91.4 Å². The summed E-state index contributed by atoms with van der Waals surface area (Å²) in [5.74, 6) is 0.936. The van der Waals surface area contributed by atoms with E-state index in [1.165, 1.54) is 32.1 Å². The van der Waals surface area contributed by atoms with Gasteiger partial charge in [0.15, 0.2) is 0 Å². The summed E-state index contributed by atoms with van der Waals surface area (Å²) in [6.07, 6.45) is 6.87. The van der Waals surface area contributed by atoms with Crippen LogP contribution in [0.1, 0.15) is 47.1 Å². The fraction of sp³-hybridized carbons (Fsp3) is 0.692. The van der Waals surface area contributed by atoms with Crippen LogP contribution < -0.4 is 0 Å². The van der Waals surface area contributed by atoms with Crippen LogP contribution in [0.2, 0.25) is 0 Å². The minimum absolute atomic E-state index is 0.936. The summed E-state index contributed by atoms with van der Waals surface area (Å²) in [5.41, 5.74) is 3.28. The van der Waals surface area contributed by atoms with Gasteiger partial charge in [0.05, 0.1) is 0 Å². The highest BCUT2D eigenvalue weighted by molar-refractivity contribution is 7.12. The lowest BCUT2D eigenvalue weighted by atomic mass is 9.91. The quantitative estimate of drug-likeness (QED) is 0.597. The molecule has 1 aromatic heterocycles. The second-order valence-corrected chi connectivity index (χ2v) is 6.03. The van der Waals surface area contributed by atoms with E-state index in [1.54, 1.807) is 20.9 Å². The number of fused-ring (bicyclic) bond motifs is 1. The molecule has 0 bridgehead atoms. The van der Waals surface area contributed by atoms with Gasteiger partial charge in [-0.25, -0.2) is 0 Å². The van der Waals surface area contributed by atoms with Crippen LogP contribution in [0.5, 0.6) is 0 Å². The van der Waals surface area contributed by atoms with Crippen molar-refractivity contribution in [3.63, 3.8) is 0 Å². The van der Waals surface area contributed by atoms with Crippen molar-refractivity contribution in [2.75, 3.05) is 0 Å². The van der Waals surface area contributed by atoms with Crippen molar-refractivity contribution in [1.29, 1.82) is 0 Å². The van der Waals surface area contributed by atoms with E-state index >= 15 is 0 Å². The van der Waals surface area contributed by atoms with Crippen LogP contribution in [0.15, 0.2) is 0 Å². The first-order valence-electron chi connectivity index (χ1n) is 5.76. The van der Waals surface area contributed by atoms with E-state index in [4.69, 9.17) is 0 Å². The van der Waals surface area contributed by atoms with Crippen molar-refractivity contribution < 1.29 is 0 Å². The van der Waals surface area contributed by atoms with Gasteiger partial charge in [-0.3, -0.25) is 0 Å². The molecule has 0 saturated carbocycles. The van der Waals surface area contributed by atoms with Crippen LogP contribution in [-0.2, 0) is 12.8 Å². The van der Waals surface area contributed by atoms with E-state index in [0.29, 0.717) is 0 Å². The van der Waals surface area contributed by atoms with E-state index in [9.17, 15) is 0 Å². The normalized spacial score (nSPS) is 22.6. The van der Waals surface area contributed by atoms with E-state index in [-0.39, 0.29) is 0 Å². The highest BCUT2D eigenvalue weighted by Crippen LogP contribution is 2.33. The fourth-order valence-electron chi connectivity index (χ4n) is 2.42. The van der Waals surface area contributed by atoms with Gasteiger partial charge >= 0.3 is 0 Å². The molecule has 1 unspecified atom stereocenters. The van der Waals surface area contributed by atoms with E-state index < -0.39 is 0 Å². The highest BCUT2D eigenvalue weighted by Gasteiger charge is 2.16. The average molecular weight is 208 g/mol. The molecule has 1 heterocycles. The maximum absolute atomic E-state index is 2.40. The molecule has 1 heteroatoms. The highest BCUT2D eigenvalue weighted by atomic mass is 32.1. The van der Waals surface area contributed by atoms with Gasteiger partial charge in [-0.05, 0) is 56.6 Å². The Hall–Kier alpha value is -0.300. The third-order valence-electron chi connectivity index (χ3n) is 3.58. The Morgan fingerprint density at radius 3 is 2.71 bits per heavy atom. The molecule has 1 aliphatic rings. The van der Waals surface area contributed by atoms with Crippen molar-refractivity contribution in [3.8, 4) is 0 Å². The van der Waals surface area contributed by atoms with Crippen LogP contribution >= 0.6 is 11.3 Å². The lowest BCUT2D eigenvalue weighted by Gasteiger charge is -2.15. The van der Waals surface area contributed by atoms with E-state index in [1.807, 2.05) is 11.3 Å². The molecular formula is C13H20S. The van der Waals surface area contributed by atoms with Gasteiger partial charge in [-0.1, -0.05) is 13.3 Å². The summed E-state index contributed by atoms with van der Waals surface area (Å²) >= 11 is 2.04. The van der Waals surface area contributed by atoms with Crippen LogP contribution in [0.4, 0.5) is 0 Å². The molecule has 1 aliphatic carbocycles. The molecule has 0 saturated heterocycles. The number of hydrogen-bond acceptors (Lipinski definition) is 1. The Kier molecular flexibility index (Phi) is 2.96. The molecule has 0 aromatic carbocycles. The molecule has 0 fully saturated rings. The van der Waals surface area contributed by atoms with Crippen LogP contribution in [0.25, 0.3) is 0 Å². The molecule has 0 amide bonds. The lowest BCUT2D eigenvalue weighted by Crippen LogP contribution is -2.04. The summed E-state index contributed by atoms with van der Waals surface area (Å²) < 4.78 is 0. The summed E-state index contributed by atoms with van der Waals surface area (Å²) in [5, 5.41) is 0. The maximum atomic E-state index is 2.40. The SMILES string of the molecule is Cc1sc2c(c1C)CCCC(C)CC2. The Morgan fingerprint density at radius 2 is 1.93 bits per heavy atom. The molecule has 0 aliphatic heterocycles. The third kappa shape index (κ3) is 1.88. The second-order valence-electron chi connectivity index (χ2n) is 4.72. The molecule has 14 heavy (non-hydrogen) atoms. The number of hydrogen-bond donors (Lipinski definition) is 0. The summed E-state index contributed by atoms with van der Waals surface area (Å²) in [6, 6.07) is 0. The maximum Gasteiger partial charge on any atom is 0.00828 e. The van der Waals surface area contributed by atoms with E-state index in [0.717, 1.165) is 5.92 Å². The Balaban J connectivity index is 2.28. The number of aryl methyl sites for hydroxylation is 2. The summed E-state index contributed by atoms with van der Waals surface area (Å²) in [6.45, 7) is 6.97. The smallest absolute Gasteiger partial charge is 0.00828 e. The first-order chi connectivity index (χ1) is 6.68. The molecular weight excluding hydrogens is 188 g/mol. The van der Waals surface area contributed by atoms with Gasteiger partial charge in [-0.15, -0.1) is 11.3 Å². The molecule has 1 atom stereocenters. The molecule has 0 N–H and O–H groups in total. The Bertz CT molecular complexity index is 322. The van der Waals surface area contributed by atoms with Crippen LogP contribution in [-0.4, -0.2) is 0 Å². The largest absolute Gasteiger partial charge is 0.145 e. The van der Waals surface area contributed by atoms with Crippen molar-refractivity contribution >= 4 is 11.3 Å². The molecule has 0 radical (unpaired) electrons. The number of thiophene rings is 1. The minimum Gasteiger partial charge on any atom is -0.145 e. The first-order valence-corrected chi connectivity index (χ1v) is 6.58. The lowest BCUT2D eigenvalue weighted by molar-refractivity contribution is 0.465. The zero-order valence-corrected chi connectivity index (χ0v) is 10.3. The fourth-order valence-corrected chi connectivity index (χ4v) is 3.67. The molecule has 2 rings (SSSR count). The molecule has 0 spiro atoms. The standard InChI is InChI=1S/C13H20S/c1-9-5-4-6-12-10(2)11(3)14-13(12)8-7-9/h9H,4-8H2,1-3H3. The van der Waals surface area contributed by atoms with Gasteiger partial charge in [0, 0.05) is 9.75 Å². The van der Waals surface area contributed by atoms with Crippen molar-refractivity contribution in [1.82, 2.24) is 0 Å². The van der Waals surface area contributed by atoms with Gasteiger partial charge in [0.2, 0.25) is 0 Å². The van der Waals surface area contributed by atoms with Crippen molar-refractivity contribution in [2.45, 2.75) is 52.9 Å². The van der Waals surface area contributed by atoms with Crippen LogP contribution in [0, 0.1) is 19.8 Å². The van der Waals surface area contributed by atoms with Crippen molar-refractivity contribution in [2.24, 2.45) is 5.92 Å². The average Bonchev–Trinajstić information content (AvgIpc) is 2.39. The topological polar surface area (TPSA) is 0 Å². The minimum atomic E-state index is 0.936. The summed E-state index contributed by atoms with van der Waals surface area (Å²) in [7, 11) is 0. The summed E-state index contributed by atoms with van der Waals surface area (Å²) in [4.78, 5) is 3.23. The van der Waals surface area contributed by atoms with Gasteiger partial charge in [0.1, 0.15) is 0 Å². The second kappa shape index (κ2) is 4.06. The first kappa shape index (κ1) is 10.2. The van der Waals surface area contributed by atoms with Gasteiger partial charge in [-0.2, -0.15) is 0 Å². The monoisotopic (exact) mass is 208 g/mol. The third-order valence-corrected chi connectivity index (χ3v) is 4.89. The van der Waals surface area contributed by atoms with E-state index in [2.05, 4.69) is 20.8 Å². The van der Waals surface area contributed by atoms with Crippen molar-refractivity contribution in [3.05, 3.63) is 20.9 Å². The predicted molar refractivity (Wildman–Crippen MR) is 64.2 cm³/mol. The molecule has 0 nitrogen and oxygen atoms in total. The van der Waals surface area contributed by atoms with Crippen LogP contribution in [0.3, 0.4) is 0 Å². The van der Waals surface area contributed by atoms with Gasteiger partial charge < -0.3 is 0 Å². The number of rotatable bonds is 0. The zero-order chi connectivity index (χ0) is 10.1. The predicted octanol–water partition coefficient (Wildman–Crippen LogP) is 4.27. The van der Waals surface area contributed by atoms with Gasteiger partial charge in [0.25, 0.3) is 0 Å². The Morgan fingerprint density at radius 1 is 1.14 bits per heavy atom. The molecule has 78 valence electrons.